The number of anilines is 1. The minimum atomic E-state index is -3.57. The first-order chi connectivity index (χ1) is 12.5. The fourth-order valence-electron chi connectivity index (χ4n) is 2.67. The molecule has 0 radical (unpaired) electrons. The van der Waals surface area contributed by atoms with Gasteiger partial charge >= 0.3 is 0 Å². The molecule has 0 unspecified atom stereocenters. The molecular weight excluding hydrogens is 392 g/mol. The van der Waals surface area contributed by atoms with Crippen LogP contribution in [-0.4, -0.2) is 88.8 Å². The highest BCUT2D eigenvalue weighted by molar-refractivity contribution is 7.89. The van der Waals surface area contributed by atoms with Gasteiger partial charge in [0.15, 0.2) is 0 Å². The second-order valence-electron chi connectivity index (χ2n) is 6.43. The lowest BCUT2D eigenvalue weighted by Crippen LogP contribution is -2.48. The van der Waals surface area contributed by atoms with E-state index in [1.54, 1.807) is 0 Å². The molecule has 1 aliphatic heterocycles. The van der Waals surface area contributed by atoms with Gasteiger partial charge in [0.2, 0.25) is 26.0 Å². The average molecular weight is 419 g/mol. The Labute approximate surface area is 161 Å². The van der Waals surface area contributed by atoms with E-state index in [0.717, 1.165) is 17.1 Å². The van der Waals surface area contributed by atoms with Gasteiger partial charge in [0.05, 0.1) is 17.7 Å². The summed E-state index contributed by atoms with van der Waals surface area (Å²) in [5, 5.41) is 2.56. The number of carbonyl (C=O) groups excluding carboxylic acids is 1. The Morgan fingerprint density at radius 2 is 1.63 bits per heavy atom. The van der Waals surface area contributed by atoms with Crippen LogP contribution in [0.15, 0.2) is 29.2 Å². The fraction of sp³-hybridized carbons (Fsp3) is 0.562. The lowest BCUT2D eigenvalue weighted by atomic mass is 10.3. The first-order valence-corrected chi connectivity index (χ1v) is 11.9. The van der Waals surface area contributed by atoms with E-state index in [2.05, 4.69) is 10.2 Å². The maximum Gasteiger partial charge on any atom is 0.243 e. The third-order valence-electron chi connectivity index (χ3n) is 4.49. The van der Waals surface area contributed by atoms with Crippen molar-refractivity contribution in [2.45, 2.75) is 11.8 Å². The number of hydrogen-bond acceptors (Lipinski definition) is 6. The predicted octanol–water partition coefficient (Wildman–Crippen LogP) is -0.157. The van der Waals surface area contributed by atoms with E-state index in [0.29, 0.717) is 31.9 Å². The standard InChI is InChI=1S/C16H26N4O5S2/c1-4-19-9-11-20(12-10-19)27(24,25)15-7-5-14(6-8-15)17-16(21)13-18(2)26(3,22)23/h5-8H,4,9-13H2,1-3H3,(H,17,21). The summed E-state index contributed by atoms with van der Waals surface area (Å²) in [7, 11) is -5.71. The minimum absolute atomic E-state index is 0.165. The molecule has 1 heterocycles. The molecule has 9 nitrogen and oxygen atoms in total. The van der Waals surface area contributed by atoms with Crippen molar-refractivity contribution in [1.82, 2.24) is 13.5 Å². The summed E-state index contributed by atoms with van der Waals surface area (Å²) in [5.41, 5.74) is 0.400. The van der Waals surface area contributed by atoms with Crippen LogP contribution in [-0.2, 0) is 24.8 Å². The molecule has 2 rings (SSSR count). The van der Waals surface area contributed by atoms with E-state index in [4.69, 9.17) is 0 Å². The molecule has 1 fully saturated rings. The molecule has 1 amide bonds. The van der Waals surface area contributed by atoms with E-state index in [-0.39, 0.29) is 11.4 Å². The number of rotatable bonds is 7. The van der Waals surface area contributed by atoms with E-state index in [1.807, 2.05) is 6.92 Å². The number of benzene rings is 1. The molecule has 1 aromatic rings. The fourth-order valence-corrected chi connectivity index (χ4v) is 4.44. The SMILES string of the molecule is CCN1CCN(S(=O)(=O)c2ccc(NC(=O)CN(C)S(C)(=O)=O)cc2)CC1. The van der Waals surface area contributed by atoms with E-state index >= 15 is 0 Å². The number of nitrogens with one attached hydrogen (secondary N) is 1. The van der Waals surface area contributed by atoms with Crippen molar-refractivity contribution in [3.63, 3.8) is 0 Å². The summed E-state index contributed by atoms with van der Waals surface area (Å²) in [6.07, 6.45) is 1.01. The monoisotopic (exact) mass is 418 g/mol. The highest BCUT2D eigenvalue weighted by atomic mass is 32.2. The van der Waals surface area contributed by atoms with Gasteiger partial charge in [-0.05, 0) is 30.8 Å². The Bertz CT molecular complexity index is 861. The number of carbonyl (C=O) groups is 1. The van der Waals surface area contributed by atoms with Gasteiger partial charge in [-0.2, -0.15) is 8.61 Å². The Kier molecular flexibility index (Phi) is 6.98. The Hall–Kier alpha value is -1.53. The van der Waals surface area contributed by atoms with Crippen molar-refractivity contribution < 1.29 is 21.6 Å². The third-order valence-corrected chi connectivity index (χ3v) is 7.66. The molecule has 1 aliphatic rings. The summed E-state index contributed by atoms with van der Waals surface area (Å²) < 4.78 is 50.5. The number of amides is 1. The molecule has 11 heteroatoms. The van der Waals surface area contributed by atoms with Crippen molar-refractivity contribution in [2.75, 3.05) is 57.9 Å². The zero-order valence-electron chi connectivity index (χ0n) is 15.8. The van der Waals surface area contributed by atoms with Gasteiger partial charge in [0.1, 0.15) is 0 Å². The molecule has 0 aromatic heterocycles. The predicted molar refractivity (Wildman–Crippen MR) is 103 cm³/mol. The van der Waals surface area contributed by atoms with Crippen LogP contribution in [0.5, 0.6) is 0 Å². The normalized spacial score (nSPS) is 17.2. The van der Waals surface area contributed by atoms with Crippen molar-refractivity contribution in [2.24, 2.45) is 0 Å². The maximum absolute atomic E-state index is 12.7. The smallest absolute Gasteiger partial charge is 0.243 e. The first-order valence-electron chi connectivity index (χ1n) is 8.57. The average Bonchev–Trinajstić information content (AvgIpc) is 2.61. The number of sulfonamides is 2. The van der Waals surface area contributed by atoms with Crippen molar-refractivity contribution in [3.8, 4) is 0 Å². The molecule has 0 saturated carbocycles. The van der Waals surface area contributed by atoms with Crippen molar-refractivity contribution in [1.29, 1.82) is 0 Å². The van der Waals surface area contributed by atoms with Crippen LogP contribution in [0.3, 0.4) is 0 Å². The molecule has 1 N–H and O–H groups in total. The Morgan fingerprint density at radius 3 is 2.11 bits per heavy atom. The van der Waals surface area contributed by atoms with Crippen LogP contribution in [0.25, 0.3) is 0 Å². The topological polar surface area (TPSA) is 107 Å². The van der Waals surface area contributed by atoms with E-state index < -0.39 is 26.0 Å². The quantitative estimate of drug-likeness (QED) is 0.660. The highest BCUT2D eigenvalue weighted by Gasteiger charge is 2.28. The van der Waals surface area contributed by atoms with Gasteiger partial charge in [-0.3, -0.25) is 4.79 Å². The zero-order valence-corrected chi connectivity index (χ0v) is 17.4. The molecule has 27 heavy (non-hydrogen) atoms. The summed E-state index contributed by atoms with van der Waals surface area (Å²) in [4.78, 5) is 14.3. The van der Waals surface area contributed by atoms with Crippen LogP contribution in [0.4, 0.5) is 5.69 Å². The van der Waals surface area contributed by atoms with Crippen molar-refractivity contribution >= 4 is 31.6 Å². The highest BCUT2D eigenvalue weighted by Crippen LogP contribution is 2.20. The molecular formula is C16H26N4O5S2. The van der Waals surface area contributed by atoms with Crippen LogP contribution in [0.1, 0.15) is 6.92 Å². The van der Waals surface area contributed by atoms with Crippen LogP contribution in [0.2, 0.25) is 0 Å². The number of hydrogen-bond donors (Lipinski definition) is 1. The molecule has 152 valence electrons. The third kappa shape index (κ3) is 5.72. The van der Waals surface area contributed by atoms with Crippen LogP contribution >= 0.6 is 0 Å². The molecule has 0 spiro atoms. The van der Waals surface area contributed by atoms with Gasteiger partial charge in [-0.1, -0.05) is 6.92 Å². The second-order valence-corrected chi connectivity index (χ2v) is 10.5. The van der Waals surface area contributed by atoms with Crippen LogP contribution in [0, 0.1) is 0 Å². The molecule has 1 aromatic carbocycles. The first kappa shape index (κ1) is 21.8. The number of piperazine rings is 1. The lowest BCUT2D eigenvalue weighted by Gasteiger charge is -2.33. The van der Waals surface area contributed by atoms with Crippen LogP contribution < -0.4 is 5.32 Å². The minimum Gasteiger partial charge on any atom is -0.325 e. The molecule has 0 aliphatic carbocycles. The van der Waals surface area contributed by atoms with Gasteiger partial charge in [-0.15, -0.1) is 0 Å². The summed E-state index contributed by atoms with van der Waals surface area (Å²) in [5.74, 6) is -0.505. The van der Waals surface area contributed by atoms with Gasteiger partial charge in [0, 0.05) is 38.9 Å². The number of likely N-dealkylation sites (N-methyl/N-ethyl adjacent to an activating group) is 2. The molecule has 0 atom stereocenters. The number of nitrogens with zero attached hydrogens (tertiary/aromatic N) is 3. The van der Waals surface area contributed by atoms with E-state index in [9.17, 15) is 21.6 Å². The van der Waals surface area contributed by atoms with Gasteiger partial charge in [0.25, 0.3) is 0 Å². The zero-order chi connectivity index (χ0) is 20.2. The van der Waals surface area contributed by atoms with Gasteiger partial charge < -0.3 is 10.2 Å². The second kappa shape index (κ2) is 8.65. The van der Waals surface area contributed by atoms with E-state index in [1.165, 1.54) is 35.6 Å². The molecule has 1 saturated heterocycles. The summed E-state index contributed by atoms with van der Waals surface area (Å²) in [6.45, 7) is 4.94. The van der Waals surface area contributed by atoms with Gasteiger partial charge in [-0.25, -0.2) is 16.8 Å². The summed E-state index contributed by atoms with van der Waals surface area (Å²) >= 11 is 0. The summed E-state index contributed by atoms with van der Waals surface area (Å²) in [6, 6.07) is 5.87. The van der Waals surface area contributed by atoms with Crippen molar-refractivity contribution in [3.05, 3.63) is 24.3 Å². The largest absolute Gasteiger partial charge is 0.325 e. The Balaban J connectivity index is 2.01. The Morgan fingerprint density at radius 1 is 1.07 bits per heavy atom. The maximum atomic E-state index is 12.7. The molecule has 0 bridgehead atoms. The lowest BCUT2D eigenvalue weighted by molar-refractivity contribution is -0.116.